The molecule has 1 aromatic carbocycles. The Hall–Kier alpha value is -2.70. The summed E-state index contributed by atoms with van der Waals surface area (Å²) in [6.45, 7) is 6.03. The standard InChI is InChI=1S/C18H22FN3O3/c1-12(2)10-22(11-17(23)20-16-8-13(3)25-21-16)18(24)9-14-4-6-15(19)7-5-14/h4-8,12H,9-11H2,1-3H3,(H,20,21,23). The van der Waals surface area contributed by atoms with E-state index in [1.807, 2.05) is 13.8 Å². The molecule has 0 radical (unpaired) electrons. The highest BCUT2D eigenvalue weighted by Gasteiger charge is 2.19. The lowest BCUT2D eigenvalue weighted by atomic mass is 10.1. The molecule has 0 spiro atoms. The number of hydrogen-bond acceptors (Lipinski definition) is 4. The Morgan fingerprint density at radius 3 is 2.52 bits per heavy atom. The molecule has 7 heteroatoms. The number of hydrogen-bond donors (Lipinski definition) is 1. The van der Waals surface area contributed by atoms with Crippen molar-refractivity contribution < 1.29 is 18.5 Å². The van der Waals surface area contributed by atoms with Crippen molar-refractivity contribution in [1.82, 2.24) is 10.1 Å². The summed E-state index contributed by atoms with van der Waals surface area (Å²) in [7, 11) is 0. The topological polar surface area (TPSA) is 75.4 Å². The molecule has 0 saturated heterocycles. The number of nitrogens with one attached hydrogen (secondary N) is 1. The second-order valence-corrected chi connectivity index (χ2v) is 6.34. The van der Waals surface area contributed by atoms with E-state index in [9.17, 15) is 14.0 Å². The SMILES string of the molecule is Cc1cc(NC(=O)CN(CC(C)C)C(=O)Cc2ccc(F)cc2)no1. The Labute approximate surface area is 146 Å². The normalized spacial score (nSPS) is 10.8. The molecule has 2 rings (SSSR count). The van der Waals surface area contributed by atoms with E-state index in [1.54, 1.807) is 25.1 Å². The van der Waals surface area contributed by atoms with E-state index in [0.717, 1.165) is 0 Å². The lowest BCUT2D eigenvalue weighted by Gasteiger charge is -2.24. The zero-order valence-electron chi connectivity index (χ0n) is 14.6. The number of halogens is 1. The van der Waals surface area contributed by atoms with E-state index >= 15 is 0 Å². The van der Waals surface area contributed by atoms with Gasteiger partial charge in [0.15, 0.2) is 5.82 Å². The molecule has 2 aromatic rings. The first-order valence-corrected chi connectivity index (χ1v) is 8.09. The zero-order valence-corrected chi connectivity index (χ0v) is 14.6. The first-order chi connectivity index (χ1) is 11.8. The molecule has 1 heterocycles. The molecule has 0 unspecified atom stereocenters. The summed E-state index contributed by atoms with van der Waals surface area (Å²) in [6, 6.07) is 7.37. The number of rotatable bonds is 7. The Kier molecular flexibility index (Phi) is 6.27. The number of nitrogens with zero attached hydrogens (tertiary/aromatic N) is 2. The summed E-state index contributed by atoms with van der Waals surface area (Å²) in [6.07, 6.45) is 0.114. The third-order valence-corrected chi connectivity index (χ3v) is 3.44. The van der Waals surface area contributed by atoms with Gasteiger partial charge in [0.05, 0.1) is 13.0 Å². The van der Waals surface area contributed by atoms with Crippen LogP contribution in [0.1, 0.15) is 25.2 Å². The van der Waals surface area contributed by atoms with Gasteiger partial charge in [0.2, 0.25) is 11.8 Å². The summed E-state index contributed by atoms with van der Waals surface area (Å²) < 4.78 is 17.9. The lowest BCUT2D eigenvalue weighted by Crippen LogP contribution is -2.41. The number of benzene rings is 1. The van der Waals surface area contributed by atoms with Crippen LogP contribution in [0.4, 0.5) is 10.2 Å². The van der Waals surface area contributed by atoms with E-state index in [2.05, 4.69) is 10.5 Å². The second kappa shape index (κ2) is 8.41. The lowest BCUT2D eigenvalue weighted by molar-refractivity contribution is -0.134. The highest BCUT2D eigenvalue weighted by molar-refractivity contribution is 5.94. The van der Waals surface area contributed by atoms with Crippen LogP contribution in [0.15, 0.2) is 34.9 Å². The number of aryl methyl sites for hydroxylation is 1. The first kappa shape index (κ1) is 18.6. The smallest absolute Gasteiger partial charge is 0.245 e. The van der Waals surface area contributed by atoms with Crippen LogP contribution in [-0.2, 0) is 16.0 Å². The van der Waals surface area contributed by atoms with E-state index in [-0.39, 0.29) is 36.5 Å². The van der Waals surface area contributed by atoms with Gasteiger partial charge in [-0.3, -0.25) is 9.59 Å². The zero-order chi connectivity index (χ0) is 18.4. The van der Waals surface area contributed by atoms with Crippen LogP contribution in [0.25, 0.3) is 0 Å². The van der Waals surface area contributed by atoms with Gasteiger partial charge in [-0.05, 0) is 30.5 Å². The Bertz CT molecular complexity index is 725. The van der Waals surface area contributed by atoms with Crippen LogP contribution in [-0.4, -0.2) is 35.0 Å². The van der Waals surface area contributed by atoms with Crippen molar-refractivity contribution in [3.05, 3.63) is 47.5 Å². The number of aromatic nitrogens is 1. The number of carbonyl (C=O) groups is 2. The summed E-state index contributed by atoms with van der Waals surface area (Å²) in [5, 5.41) is 6.30. The van der Waals surface area contributed by atoms with E-state index < -0.39 is 0 Å². The van der Waals surface area contributed by atoms with Gasteiger partial charge in [-0.1, -0.05) is 31.1 Å². The average molecular weight is 347 g/mol. The van der Waals surface area contributed by atoms with Gasteiger partial charge < -0.3 is 14.7 Å². The minimum absolute atomic E-state index is 0.0793. The molecule has 25 heavy (non-hydrogen) atoms. The number of carbonyl (C=O) groups excluding carboxylic acids is 2. The van der Waals surface area contributed by atoms with Gasteiger partial charge in [0.25, 0.3) is 0 Å². The average Bonchev–Trinajstić information content (AvgIpc) is 2.93. The van der Waals surface area contributed by atoms with Crippen LogP contribution in [0.5, 0.6) is 0 Å². The van der Waals surface area contributed by atoms with Crippen molar-refractivity contribution in [3.8, 4) is 0 Å². The molecular weight excluding hydrogens is 325 g/mol. The van der Waals surface area contributed by atoms with Gasteiger partial charge in [0, 0.05) is 12.6 Å². The van der Waals surface area contributed by atoms with E-state index in [4.69, 9.17) is 4.52 Å². The van der Waals surface area contributed by atoms with Crippen molar-refractivity contribution in [2.45, 2.75) is 27.2 Å². The summed E-state index contributed by atoms with van der Waals surface area (Å²) in [5.41, 5.74) is 0.702. The molecule has 6 nitrogen and oxygen atoms in total. The van der Waals surface area contributed by atoms with E-state index in [0.29, 0.717) is 23.7 Å². The van der Waals surface area contributed by atoms with Crippen LogP contribution in [0.2, 0.25) is 0 Å². The molecule has 0 fully saturated rings. The highest BCUT2D eigenvalue weighted by Crippen LogP contribution is 2.10. The van der Waals surface area contributed by atoms with Crippen LogP contribution in [0, 0.1) is 18.7 Å². The molecule has 2 amide bonds. The maximum atomic E-state index is 13.0. The van der Waals surface area contributed by atoms with Crippen molar-refractivity contribution in [1.29, 1.82) is 0 Å². The highest BCUT2D eigenvalue weighted by atomic mass is 19.1. The van der Waals surface area contributed by atoms with Crippen molar-refractivity contribution >= 4 is 17.6 Å². The minimum Gasteiger partial charge on any atom is -0.360 e. The van der Waals surface area contributed by atoms with Gasteiger partial charge in [-0.15, -0.1) is 0 Å². The largest absolute Gasteiger partial charge is 0.360 e. The molecule has 1 N–H and O–H groups in total. The molecule has 1 aromatic heterocycles. The number of amides is 2. The molecular formula is C18H22FN3O3. The minimum atomic E-state index is -0.350. The summed E-state index contributed by atoms with van der Waals surface area (Å²) >= 11 is 0. The van der Waals surface area contributed by atoms with Crippen molar-refractivity contribution in [3.63, 3.8) is 0 Å². The molecule has 0 aliphatic rings. The first-order valence-electron chi connectivity index (χ1n) is 8.09. The van der Waals surface area contributed by atoms with Gasteiger partial charge >= 0.3 is 0 Å². The molecule has 0 aliphatic carbocycles. The third-order valence-electron chi connectivity index (χ3n) is 3.44. The fraction of sp³-hybridized carbons (Fsp3) is 0.389. The molecule has 0 bridgehead atoms. The fourth-order valence-corrected chi connectivity index (χ4v) is 2.37. The van der Waals surface area contributed by atoms with Gasteiger partial charge in [0.1, 0.15) is 11.6 Å². The predicted octanol–water partition coefficient (Wildman–Crippen LogP) is 2.79. The van der Waals surface area contributed by atoms with Gasteiger partial charge in [-0.2, -0.15) is 0 Å². The monoisotopic (exact) mass is 347 g/mol. The van der Waals surface area contributed by atoms with Crippen LogP contribution in [0.3, 0.4) is 0 Å². The molecule has 0 saturated carbocycles. The Balaban J connectivity index is 2.00. The van der Waals surface area contributed by atoms with Crippen molar-refractivity contribution in [2.75, 3.05) is 18.4 Å². The second-order valence-electron chi connectivity index (χ2n) is 6.34. The quantitative estimate of drug-likeness (QED) is 0.836. The molecule has 134 valence electrons. The maximum Gasteiger partial charge on any atom is 0.245 e. The van der Waals surface area contributed by atoms with E-state index in [1.165, 1.54) is 17.0 Å². The molecule has 0 aliphatic heterocycles. The summed E-state index contributed by atoms with van der Waals surface area (Å²) in [5.74, 6) is 0.227. The third kappa shape index (κ3) is 6.02. The van der Waals surface area contributed by atoms with Crippen LogP contribution < -0.4 is 5.32 Å². The molecule has 0 atom stereocenters. The predicted molar refractivity (Wildman–Crippen MR) is 91.4 cm³/mol. The van der Waals surface area contributed by atoms with Gasteiger partial charge in [-0.25, -0.2) is 4.39 Å². The fourth-order valence-electron chi connectivity index (χ4n) is 2.37. The number of anilines is 1. The Morgan fingerprint density at radius 1 is 1.28 bits per heavy atom. The summed E-state index contributed by atoms with van der Waals surface area (Å²) in [4.78, 5) is 26.2. The van der Waals surface area contributed by atoms with Crippen LogP contribution >= 0.6 is 0 Å². The van der Waals surface area contributed by atoms with Crippen molar-refractivity contribution in [2.24, 2.45) is 5.92 Å². The Morgan fingerprint density at radius 2 is 1.96 bits per heavy atom. The maximum absolute atomic E-state index is 13.0.